The number of nitrogens with one attached hydrogen (secondary N) is 1. The highest BCUT2D eigenvalue weighted by Gasteiger charge is 2.25. The molecule has 4 heteroatoms. The van der Waals surface area contributed by atoms with Crippen molar-refractivity contribution < 1.29 is 0 Å². The fraction of sp³-hybridized carbons (Fsp3) is 0.636. The maximum atomic E-state index is 5.74. The maximum Gasteiger partial charge on any atom is 0.129 e. The summed E-state index contributed by atoms with van der Waals surface area (Å²) in [6, 6.07) is 1.90. The molecule has 0 bridgehead atoms. The summed E-state index contributed by atoms with van der Waals surface area (Å²) < 4.78 is 0. The van der Waals surface area contributed by atoms with Crippen LogP contribution in [0.15, 0.2) is 18.6 Å². The Morgan fingerprint density at radius 2 is 2.27 bits per heavy atom. The number of nitrogens with two attached hydrogens (primary N) is 1. The second-order valence-electron chi connectivity index (χ2n) is 4.16. The van der Waals surface area contributed by atoms with E-state index in [9.17, 15) is 0 Å². The Morgan fingerprint density at radius 1 is 1.40 bits per heavy atom. The Morgan fingerprint density at radius 3 is 3.00 bits per heavy atom. The van der Waals surface area contributed by atoms with Crippen LogP contribution in [0.3, 0.4) is 0 Å². The van der Waals surface area contributed by atoms with Crippen molar-refractivity contribution in [3.05, 3.63) is 18.6 Å². The molecule has 1 aliphatic carbocycles. The fourth-order valence-electron chi connectivity index (χ4n) is 2.32. The molecule has 2 atom stereocenters. The minimum absolute atomic E-state index is 0.694. The molecule has 1 fully saturated rings. The summed E-state index contributed by atoms with van der Waals surface area (Å²) in [6.07, 6.45) is 7.21. The molecule has 3 N–H and O–H groups in total. The van der Waals surface area contributed by atoms with E-state index in [-0.39, 0.29) is 0 Å². The molecule has 0 aromatic carbocycles. The van der Waals surface area contributed by atoms with Crippen molar-refractivity contribution in [2.45, 2.75) is 19.3 Å². The molecule has 0 aliphatic heterocycles. The van der Waals surface area contributed by atoms with Gasteiger partial charge in [0.2, 0.25) is 0 Å². The largest absolute Gasteiger partial charge is 0.370 e. The first-order valence-corrected chi connectivity index (χ1v) is 5.60. The van der Waals surface area contributed by atoms with E-state index in [1.165, 1.54) is 19.3 Å². The summed E-state index contributed by atoms with van der Waals surface area (Å²) in [5, 5.41) is 3.34. The van der Waals surface area contributed by atoms with Crippen LogP contribution < -0.4 is 11.1 Å². The van der Waals surface area contributed by atoms with Crippen LogP contribution in [0.25, 0.3) is 0 Å². The quantitative estimate of drug-likeness (QED) is 0.778. The van der Waals surface area contributed by atoms with Crippen molar-refractivity contribution in [3.63, 3.8) is 0 Å². The van der Waals surface area contributed by atoms with Gasteiger partial charge >= 0.3 is 0 Å². The smallest absolute Gasteiger partial charge is 0.129 e. The number of hydrogen-bond acceptors (Lipinski definition) is 4. The second-order valence-corrected chi connectivity index (χ2v) is 4.16. The van der Waals surface area contributed by atoms with Crippen molar-refractivity contribution >= 4 is 5.82 Å². The number of nitrogens with zero attached hydrogens (tertiary/aromatic N) is 2. The van der Waals surface area contributed by atoms with Crippen molar-refractivity contribution in [3.8, 4) is 0 Å². The van der Waals surface area contributed by atoms with Gasteiger partial charge < -0.3 is 11.1 Å². The van der Waals surface area contributed by atoms with E-state index in [0.29, 0.717) is 11.8 Å². The van der Waals surface area contributed by atoms with Gasteiger partial charge in [-0.1, -0.05) is 6.42 Å². The first-order valence-electron chi connectivity index (χ1n) is 5.60. The van der Waals surface area contributed by atoms with Crippen LogP contribution in [0.1, 0.15) is 19.3 Å². The Bertz CT molecular complexity index is 288. The lowest BCUT2D eigenvalue weighted by molar-refractivity contribution is 0.414. The molecular formula is C11H18N4. The molecule has 4 nitrogen and oxygen atoms in total. The Kier molecular flexibility index (Phi) is 3.50. The van der Waals surface area contributed by atoms with Crippen LogP contribution in [0.4, 0.5) is 5.82 Å². The first kappa shape index (κ1) is 10.4. The van der Waals surface area contributed by atoms with Crippen LogP contribution in [0.2, 0.25) is 0 Å². The zero-order valence-electron chi connectivity index (χ0n) is 8.89. The number of aromatic nitrogens is 2. The highest BCUT2D eigenvalue weighted by atomic mass is 15.0. The van der Waals surface area contributed by atoms with Gasteiger partial charge in [0.15, 0.2) is 0 Å². The summed E-state index contributed by atoms with van der Waals surface area (Å²) in [4.78, 5) is 8.02. The average Bonchev–Trinajstić information content (AvgIpc) is 2.75. The van der Waals surface area contributed by atoms with E-state index in [0.717, 1.165) is 18.9 Å². The lowest BCUT2D eigenvalue weighted by Crippen LogP contribution is -2.24. The third-order valence-corrected chi connectivity index (χ3v) is 3.25. The van der Waals surface area contributed by atoms with E-state index >= 15 is 0 Å². The summed E-state index contributed by atoms with van der Waals surface area (Å²) in [5.41, 5.74) is 5.74. The second kappa shape index (κ2) is 5.07. The molecule has 0 saturated heterocycles. The van der Waals surface area contributed by atoms with Crippen LogP contribution in [0, 0.1) is 11.8 Å². The molecule has 0 spiro atoms. The average molecular weight is 206 g/mol. The Balaban J connectivity index is 1.83. The van der Waals surface area contributed by atoms with Crippen LogP contribution >= 0.6 is 0 Å². The highest BCUT2D eigenvalue weighted by Crippen LogP contribution is 2.30. The van der Waals surface area contributed by atoms with Gasteiger partial charge in [0, 0.05) is 12.7 Å². The summed E-state index contributed by atoms with van der Waals surface area (Å²) >= 11 is 0. The lowest BCUT2D eigenvalue weighted by Gasteiger charge is -2.18. The highest BCUT2D eigenvalue weighted by molar-refractivity contribution is 5.31. The Hall–Kier alpha value is -1.16. The standard InChI is InChI=1S/C11H18N4/c12-6-9-2-1-3-10(9)7-14-11-4-5-13-8-15-11/h4-5,8-10H,1-3,6-7,12H2,(H,13,14,15). The molecule has 1 saturated carbocycles. The van der Waals surface area contributed by atoms with Gasteiger partial charge in [0.05, 0.1) is 0 Å². The van der Waals surface area contributed by atoms with Gasteiger partial charge in [-0.25, -0.2) is 9.97 Å². The van der Waals surface area contributed by atoms with Crippen LogP contribution in [-0.4, -0.2) is 23.1 Å². The summed E-state index contributed by atoms with van der Waals surface area (Å²) in [7, 11) is 0. The molecule has 2 rings (SSSR count). The number of hydrogen-bond donors (Lipinski definition) is 2. The molecular weight excluding hydrogens is 188 g/mol. The third-order valence-electron chi connectivity index (χ3n) is 3.25. The number of rotatable bonds is 4. The van der Waals surface area contributed by atoms with Gasteiger partial charge in [-0.2, -0.15) is 0 Å². The van der Waals surface area contributed by atoms with Gasteiger partial charge in [-0.05, 0) is 37.3 Å². The van der Waals surface area contributed by atoms with Gasteiger partial charge in [0.25, 0.3) is 0 Å². The van der Waals surface area contributed by atoms with E-state index in [1.807, 2.05) is 6.07 Å². The Labute approximate surface area is 90.3 Å². The maximum absolute atomic E-state index is 5.74. The zero-order chi connectivity index (χ0) is 10.5. The SMILES string of the molecule is NCC1CCCC1CNc1ccncn1. The van der Waals surface area contributed by atoms with Crippen molar-refractivity contribution in [1.29, 1.82) is 0 Å². The molecule has 1 aromatic heterocycles. The lowest BCUT2D eigenvalue weighted by atomic mass is 9.96. The molecule has 82 valence electrons. The summed E-state index contributed by atoms with van der Waals surface area (Å²) in [6.45, 7) is 1.80. The molecule has 1 heterocycles. The van der Waals surface area contributed by atoms with Crippen molar-refractivity contribution in [2.75, 3.05) is 18.4 Å². The van der Waals surface area contributed by atoms with Gasteiger partial charge in [-0.3, -0.25) is 0 Å². The van der Waals surface area contributed by atoms with E-state index in [4.69, 9.17) is 5.73 Å². The monoisotopic (exact) mass is 206 g/mol. The van der Waals surface area contributed by atoms with E-state index < -0.39 is 0 Å². The predicted molar refractivity (Wildman–Crippen MR) is 60.4 cm³/mol. The molecule has 15 heavy (non-hydrogen) atoms. The first-order chi connectivity index (χ1) is 7.40. The number of anilines is 1. The fourth-order valence-corrected chi connectivity index (χ4v) is 2.32. The van der Waals surface area contributed by atoms with Crippen LogP contribution in [0.5, 0.6) is 0 Å². The summed E-state index contributed by atoms with van der Waals surface area (Å²) in [5.74, 6) is 2.32. The van der Waals surface area contributed by atoms with E-state index in [1.54, 1.807) is 12.5 Å². The third kappa shape index (κ3) is 2.65. The van der Waals surface area contributed by atoms with Crippen molar-refractivity contribution in [2.24, 2.45) is 17.6 Å². The van der Waals surface area contributed by atoms with Crippen molar-refractivity contribution in [1.82, 2.24) is 9.97 Å². The predicted octanol–water partition coefficient (Wildman–Crippen LogP) is 1.26. The molecule has 1 aromatic rings. The minimum Gasteiger partial charge on any atom is -0.370 e. The van der Waals surface area contributed by atoms with Gasteiger partial charge in [0.1, 0.15) is 12.1 Å². The minimum atomic E-state index is 0.694. The normalized spacial score (nSPS) is 25.4. The molecule has 1 aliphatic rings. The topological polar surface area (TPSA) is 63.8 Å². The molecule has 0 radical (unpaired) electrons. The molecule has 0 amide bonds. The zero-order valence-corrected chi connectivity index (χ0v) is 8.89. The van der Waals surface area contributed by atoms with E-state index in [2.05, 4.69) is 15.3 Å². The van der Waals surface area contributed by atoms with Gasteiger partial charge in [-0.15, -0.1) is 0 Å². The van der Waals surface area contributed by atoms with Crippen LogP contribution in [-0.2, 0) is 0 Å². The molecule has 2 unspecified atom stereocenters.